The second kappa shape index (κ2) is 8.27. The van der Waals surface area contributed by atoms with Crippen molar-refractivity contribution in [2.75, 3.05) is 14.1 Å². The number of Topliss-reactive ketones (excluding diaryl/α,β-unsaturated/α-hetero) is 1. The SMILES string of the molecule is CC=C(C)C(=O)NC1CC[C@@]2(C)C(=CCC3C4=CCC(C(C)N(C)C)[C@@]4(C)CCC32)C1=O. The minimum absolute atomic E-state index is 0.0652. The van der Waals surface area contributed by atoms with Crippen molar-refractivity contribution >= 4 is 11.7 Å². The summed E-state index contributed by atoms with van der Waals surface area (Å²) in [7, 11) is 4.41. The molecule has 0 heterocycles. The molecule has 4 rings (SSSR count). The van der Waals surface area contributed by atoms with Crippen LogP contribution < -0.4 is 5.32 Å². The van der Waals surface area contributed by atoms with E-state index >= 15 is 0 Å². The number of allylic oxidation sites excluding steroid dienone is 4. The highest BCUT2D eigenvalue weighted by molar-refractivity contribution is 6.05. The molecule has 0 aromatic heterocycles. The molecule has 4 nitrogen and oxygen atoms in total. The molecule has 4 heteroatoms. The van der Waals surface area contributed by atoms with Gasteiger partial charge >= 0.3 is 0 Å². The first-order valence-corrected chi connectivity index (χ1v) is 12.6. The average molecular weight is 439 g/mol. The molecule has 4 aliphatic carbocycles. The molecule has 1 amide bonds. The lowest BCUT2D eigenvalue weighted by Crippen LogP contribution is -2.54. The number of rotatable bonds is 4. The number of carbonyl (C=O) groups excluding carboxylic acids is 2. The molecule has 0 aromatic rings. The summed E-state index contributed by atoms with van der Waals surface area (Å²) >= 11 is 0. The molecular formula is C28H42N2O2. The lowest BCUT2D eigenvalue weighted by Gasteiger charge is -2.56. The van der Waals surface area contributed by atoms with Gasteiger partial charge in [0.2, 0.25) is 5.91 Å². The fourth-order valence-electron chi connectivity index (χ4n) is 7.57. The van der Waals surface area contributed by atoms with Crippen LogP contribution in [0.25, 0.3) is 0 Å². The Kier molecular flexibility index (Phi) is 6.07. The Morgan fingerprint density at radius 2 is 1.84 bits per heavy atom. The van der Waals surface area contributed by atoms with Crippen LogP contribution in [0, 0.1) is 28.6 Å². The molecule has 5 unspecified atom stereocenters. The summed E-state index contributed by atoms with van der Waals surface area (Å²) in [5, 5.41) is 3.00. The third-order valence-electron chi connectivity index (χ3n) is 9.97. The highest BCUT2D eigenvalue weighted by atomic mass is 16.2. The zero-order valence-corrected chi connectivity index (χ0v) is 21.1. The van der Waals surface area contributed by atoms with Crippen LogP contribution in [0.15, 0.2) is 34.9 Å². The first kappa shape index (κ1) is 23.5. The lowest BCUT2D eigenvalue weighted by atomic mass is 9.48. The minimum atomic E-state index is -0.377. The van der Waals surface area contributed by atoms with Gasteiger partial charge in [-0.2, -0.15) is 0 Å². The molecule has 2 fully saturated rings. The molecule has 0 radical (unpaired) electrons. The smallest absolute Gasteiger partial charge is 0.247 e. The van der Waals surface area contributed by atoms with E-state index in [0.29, 0.717) is 29.4 Å². The Balaban J connectivity index is 1.58. The zero-order valence-electron chi connectivity index (χ0n) is 21.1. The van der Waals surface area contributed by atoms with Gasteiger partial charge in [0.15, 0.2) is 5.78 Å². The molecule has 2 saturated carbocycles. The summed E-state index contributed by atoms with van der Waals surface area (Å²) in [5.74, 6) is 1.81. The van der Waals surface area contributed by atoms with Crippen LogP contribution in [-0.2, 0) is 9.59 Å². The van der Waals surface area contributed by atoms with Crippen molar-refractivity contribution in [3.63, 3.8) is 0 Å². The predicted octanol–water partition coefficient (Wildman–Crippen LogP) is 5.07. The van der Waals surface area contributed by atoms with Gasteiger partial charge in [-0.05, 0) is 108 Å². The van der Waals surface area contributed by atoms with Crippen molar-refractivity contribution in [3.8, 4) is 0 Å². The summed E-state index contributed by atoms with van der Waals surface area (Å²) in [6.07, 6.45) is 12.9. The van der Waals surface area contributed by atoms with Crippen LogP contribution in [0.2, 0.25) is 0 Å². The lowest BCUT2D eigenvalue weighted by molar-refractivity contribution is -0.127. The third kappa shape index (κ3) is 3.45. The van der Waals surface area contributed by atoms with Crippen LogP contribution in [0.1, 0.15) is 73.1 Å². The monoisotopic (exact) mass is 438 g/mol. The maximum absolute atomic E-state index is 13.5. The Morgan fingerprint density at radius 1 is 1.16 bits per heavy atom. The summed E-state index contributed by atoms with van der Waals surface area (Å²) in [4.78, 5) is 28.2. The van der Waals surface area contributed by atoms with Crippen LogP contribution in [0.5, 0.6) is 0 Å². The maximum Gasteiger partial charge on any atom is 0.247 e. The summed E-state index contributed by atoms with van der Waals surface area (Å²) in [6.45, 7) is 10.9. The molecule has 1 N–H and O–H groups in total. The highest BCUT2D eigenvalue weighted by Crippen LogP contribution is 2.64. The number of nitrogens with one attached hydrogen (secondary N) is 1. The van der Waals surface area contributed by atoms with E-state index in [1.807, 2.05) is 6.92 Å². The van der Waals surface area contributed by atoms with Crippen molar-refractivity contribution < 1.29 is 9.59 Å². The van der Waals surface area contributed by atoms with Crippen LogP contribution in [0.4, 0.5) is 0 Å². The van der Waals surface area contributed by atoms with Crippen LogP contribution in [-0.4, -0.2) is 42.8 Å². The van der Waals surface area contributed by atoms with Gasteiger partial charge in [0, 0.05) is 11.6 Å². The fraction of sp³-hybridized carbons (Fsp3) is 0.714. The minimum Gasteiger partial charge on any atom is -0.342 e. The number of fused-ring (bicyclic) bond motifs is 5. The van der Waals surface area contributed by atoms with Gasteiger partial charge in [-0.15, -0.1) is 0 Å². The van der Waals surface area contributed by atoms with Gasteiger partial charge in [0.25, 0.3) is 0 Å². The largest absolute Gasteiger partial charge is 0.342 e. The predicted molar refractivity (Wildman–Crippen MR) is 130 cm³/mol. The van der Waals surface area contributed by atoms with Crippen molar-refractivity contribution in [2.24, 2.45) is 28.6 Å². The van der Waals surface area contributed by atoms with Crippen molar-refractivity contribution in [1.82, 2.24) is 10.2 Å². The van der Waals surface area contributed by atoms with Crippen LogP contribution >= 0.6 is 0 Å². The van der Waals surface area contributed by atoms with Crippen molar-refractivity contribution in [2.45, 2.75) is 85.2 Å². The van der Waals surface area contributed by atoms with E-state index in [4.69, 9.17) is 0 Å². The molecule has 0 aromatic carbocycles. The quantitative estimate of drug-likeness (QED) is 0.493. The van der Waals surface area contributed by atoms with Crippen LogP contribution in [0.3, 0.4) is 0 Å². The molecule has 0 spiro atoms. The highest BCUT2D eigenvalue weighted by Gasteiger charge is 2.57. The second-order valence-electron chi connectivity index (χ2n) is 11.5. The molecule has 0 bridgehead atoms. The Hall–Kier alpha value is -1.68. The Labute approximate surface area is 194 Å². The molecule has 0 saturated heterocycles. The fourth-order valence-corrected chi connectivity index (χ4v) is 7.57. The average Bonchev–Trinajstić information content (AvgIpc) is 3.11. The number of ketones is 1. The number of carbonyl (C=O) groups is 2. The first-order chi connectivity index (χ1) is 15.0. The topological polar surface area (TPSA) is 49.4 Å². The third-order valence-corrected chi connectivity index (χ3v) is 9.97. The number of amides is 1. The number of hydrogen-bond acceptors (Lipinski definition) is 3. The standard InChI is InChI=1S/C28H42N2O2/c1-8-17(2)26(32)29-24-14-16-28(5)22-13-15-27(4)20(18(3)30(6)7)11-12-21(27)19(22)9-10-23(28)25(24)31/h8,10,12,18-20,22,24H,9,11,13-16H2,1-7H3,(H,29,32)/t18?,19?,20?,22?,24?,27-,28-/m1/s1. The Bertz CT molecular complexity index is 897. The van der Waals surface area contributed by atoms with E-state index in [0.717, 1.165) is 24.8 Å². The van der Waals surface area contributed by atoms with E-state index < -0.39 is 0 Å². The van der Waals surface area contributed by atoms with Gasteiger partial charge in [-0.25, -0.2) is 0 Å². The first-order valence-electron chi connectivity index (χ1n) is 12.6. The molecule has 0 aliphatic heterocycles. The normalized spacial score (nSPS) is 40.1. The molecule has 32 heavy (non-hydrogen) atoms. The second-order valence-corrected chi connectivity index (χ2v) is 11.5. The summed E-state index contributed by atoms with van der Waals surface area (Å²) < 4.78 is 0. The molecule has 176 valence electrons. The summed E-state index contributed by atoms with van der Waals surface area (Å²) in [5.41, 5.74) is 3.56. The van der Waals surface area contributed by atoms with Crippen molar-refractivity contribution in [3.05, 3.63) is 34.9 Å². The number of hydrogen-bond donors (Lipinski definition) is 1. The van der Waals surface area contributed by atoms with E-state index in [2.05, 4.69) is 57.2 Å². The van der Waals surface area contributed by atoms with E-state index in [-0.39, 0.29) is 28.6 Å². The van der Waals surface area contributed by atoms with Gasteiger partial charge in [0.1, 0.15) is 0 Å². The number of nitrogens with zero attached hydrogens (tertiary/aromatic N) is 1. The van der Waals surface area contributed by atoms with Gasteiger partial charge in [-0.3, -0.25) is 9.59 Å². The Morgan fingerprint density at radius 3 is 2.50 bits per heavy atom. The van der Waals surface area contributed by atoms with Gasteiger partial charge < -0.3 is 10.2 Å². The van der Waals surface area contributed by atoms with E-state index in [9.17, 15) is 9.59 Å². The van der Waals surface area contributed by atoms with Gasteiger partial charge in [0.05, 0.1) is 6.04 Å². The molecule has 4 aliphatic rings. The summed E-state index contributed by atoms with van der Waals surface area (Å²) in [6, 6.07) is 0.190. The zero-order chi connectivity index (χ0) is 23.4. The van der Waals surface area contributed by atoms with E-state index in [1.165, 1.54) is 19.3 Å². The molecular weight excluding hydrogens is 396 g/mol. The van der Waals surface area contributed by atoms with Crippen molar-refractivity contribution in [1.29, 1.82) is 0 Å². The molecule has 7 atom stereocenters. The maximum atomic E-state index is 13.5. The van der Waals surface area contributed by atoms with E-state index in [1.54, 1.807) is 18.6 Å². The van der Waals surface area contributed by atoms with Gasteiger partial charge in [-0.1, -0.05) is 37.6 Å².